The number of imidazole rings is 1. The van der Waals surface area contributed by atoms with Gasteiger partial charge in [0.15, 0.2) is 0 Å². The van der Waals surface area contributed by atoms with Crippen LogP contribution in [0.5, 0.6) is 0 Å². The zero-order chi connectivity index (χ0) is 15.5. The molecule has 1 fully saturated rings. The van der Waals surface area contributed by atoms with Crippen molar-refractivity contribution in [2.45, 2.75) is 39.8 Å². The number of nitrogens with zero attached hydrogens (tertiary/aromatic N) is 3. The fourth-order valence-corrected chi connectivity index (χ4v) is 3.84. The Kier molecular flexibility index (Phi) is 5.40. The predicted octanol–water partition coefficient (Wildman–Crippen LogP) is 0.973. The lowest BCUT2D eigenvalue weighted by atomic mass is 9.99. The molecule has 1 saturated heterocycles. The number of aryl methyl sites for hydroxylation is 1. The topological polar surface area (TPSA) is 67.2 Å². The number of sulfonamides is 1. The molecule has 0 spiro atoms. The minimum Gasteiger partial charge on any atom is -0.331 e. The Bertz CT molecular complexity index is 568. The van der Waals surface area contributed by atoms with E-state index in [2.05, 4.69) is 21.8 Å². The van der Waals surface area contributed by atoms with E-state index >= 15 is 0 Å². The normalized spacial score (nSPS) is 20.8. The van der Waals surface area contributed by atoms with Crippen LogP contribution in [0.25, 0.3) is 0 Å². The van der Waals surface area contributed by atoms with Gasteiger partial charge in [-0.2, -0.15) is 0 Å². The maximum atomic E-state index is 11.7. The summed E-state index contributed by atoms with van der Waals surface area (Å²) < 4.78 is 27.2. The lowest BCUT2D eigenvalue weighted by Crippen LogP contribution is -2.40. The van der Waals surface area contributed by atoms with Gasteiger partial charge in [-0.3, -0.25) is 0 Å². The van der Waals surface area contributed by atoms with Gasteiger partial charge in [-0.25, -0.2) is 17.7 Å². The Morgan fingerprint density at radius 1 is 1.48 bits per heavy atom. The lowest BCUT2D eigenvalue weighted by Gasteiger charge is -2.31. The summed E-state index contributed by atoms with van der Waals surface area (Å²) in [6.07, 6.45) is 5.22. The Morgan fingerprint density at radius 2 is 2.24 bits per heavy atom. The van der Waals surface area contributed by atoms with Gasteiger partial charge in [0.1, 0.15) is 5.82 Å². The summed E-state index contributed by atoms with van der Waals surface area (Å²) >= 11 is 0. The average Bonchev–Trinajstić information content (AvgIpc) is 2.77. The molecule has 1 unspecified atom stereocenters. The van der Waals surface area contributed by atoms with Crippen molar-refractivity contribution in [3.8, 4) is 0 Å². The molecule has 1 aromatic heterocycles. The van der Waals surface area contributed by atoms with Crippen LogP contribution in [0.3, 0.4) is 0 Å². The molecule has 120 valence electrons. The van der Waals surface area contributed by atoms with Crippen LogP contribution in [-0.4, -0.2) is 48.2 Å². The van der Waals surface area contributed by atoms with E-state index in [0.29, 0.717) is 19.0 Å². The SMILES string of the molecule is CCNCc1cnc(C)n1CC1CCCN(S(C)(=O)=O)C1. The largest absolute Gasteiger partial charge is 0.331 e. The standard InChI is InChI=1S/C14H26N4O2S/c1-4-15-8-14-9-16-12(2)18(14)11-13-6-5-7-17(10-13)21(3,19)20/h9,13,15H,4-8,10-11H2,1-3H3. The van der Waals surface area contributed by atoms with Gasteiger partial charge in [-0.15, -0.1) is 0 Å². The minimum atomic E-state index is -3.08. The fourth-order valence-electron chi connectivity index (χ4n) is 2.89. The first-order chi connectivity index (χ1) is 9.91. The highest BCUT2D eigenvalue weighted by atomic mass is 32.2. The van der Waals surface area contributed by atoms with Gasteiger partial charge in [0.25, 0.3) is 0 Å². The summed E-state index contributed by atoms with van der Waals surface area (Å²) in [5.74, 6) is 1.36. The van der Waals surface area contributed by atoms with E-state index in [4.69, 9.17) is 0 Å². The minimum absolute atomic E-state index is 0.363. The summed E-state index contributed by atoms with van der Waals surface area (Å²) in [5.41, 5.74) is 1.17. The van der Waals surface area contributed by atoms with E-state index in [1.165, 1.54) is 11.9 Å². The smallest absolute Gasteiger partial charge is 0.211 e. The van der Waals surface area contributed by atoms with Gasteiger partial charge in [0.05, 0.1) is 11.9 Å². The molecule has 1 aliphatic heterocycles. The first-order valence-electron chi connectivity index (χ1n) is 7.58. The molecule has 0 bridgehead atoms. The summed E-state index contributed by atoms with van der Waals surface area (Å²) in [5, 5.41) is 3.32. The Labute approximate surface area is 127 Å². The zero-order valence-corrected chi connectivity index (χ0v) is 14.0. The molecule has 2 heterocycles. The molecule has 0 radical (unpaired) electrons. The van der Waals surface area contributed by atoms with Gasteiger partial charge < -0.3 is 9.88 Å². The van der Waals surface area contributed by atoms with Gasteiger partial charge >= 0.3 is 0 Å². The predicted molar refractivity (Wildman–Crippen MR) is 83.5 cm³/mol. The van der Waals surface area contributed by atoms with E-state index in [1.54, 1.807) is 4.31 Å². The van der Waals surface area contributed by atoms with Crippen molar-refractivity contribution < 1.29 is 8.42 Å². The molecule has 1 aliphatic rings. The van der Waals surface area contributed by atoms with Crippen molar-refractivity contribution in [3.05, 3.63) is 17.7 Å². The van der Waals surface area contributed by atoms with E-state index in [9.17, 15) is 8.42 Å². The Hall–Kier alpha value is -0.920. The lowest BCUT2D eigenvalue weighted by molar-refractivity contribution is 0.243. The molecule has 1 N–H and O–H groups in total. The number of hydrogen-bond donors (Lipinski definition) is 1. The van der Waals surface area contributed by atoms with Crippen LogP contribution < -0.4 is 5.32 Å². The molecule has 2 rings (SSSR count). The van der Waals surface area contributed by atoms with Crippen LogP contribution in [0.1, 0.15) is 31.3 Å². The molecule has 7 heteroatoms. The molecule has 6 nitrogen and oxygen atoms in total. The summed E-state index contributed by atoms with van der Waals surface area (Å²) in [7, 11) is -3.08. The zero-order valence-electron chi connectivity index (χ0n) is 13.2. The van der Waals surface area contributed by atoms with Gasteiger partial charge in [0, 0.05) is 32.4 Å². The van der Waals surface area contributed by atoms with E-state index < -0.39 is 10.0 Å². The first kappa shape index (κ1) is 16.5. The quantitative estimate of drug-likeness (QED) is 0.850. The fraction of sp³-hybridized carbons (Fsp3) is 0.786. The molecule has 21 heavy (non-hydrogen) atoms. The maximum absolute atomic E-state index is 11.7. The van der Waals surface area contributed by atoms with Crippen molar-refractivity contribution in [1.82, 2.24) is 19.2 Å². The van der Waals surface area contributed by atoms with Crippen molar-refractivity contribution in [2.75, 3.05) is 25.9 Å². The molecule has 0 amide bonds. The van der Waals surface area contributed by atoms with Gasteiger partial charge in [0.2, 0.25) is 10.0 Å². The summed E-state index contributed by atoms with van der Waals surface area (Å²) in [4.78, 5) is 4.39. The van der Waals surface area contributed by atoms with Crippen molar-refractivity contribution in [3.63, 3.8) is 0 Å². The van der Waals surface area contributed by atoms with Crippen molar-refractivity contribution in [1.29, 1.82) is 0 Å². The van der Waals surface area contributed by atoms with Crippen LogP contribution in [0.15, 0.2) is 6.20 Å². The number of nitrogens with one attached hydrogen (secondary N) is 1. The number of hydrogen-bond acceptors (Lipinski definition) is 4. The molecule has 1 aromatic rings. The second kappa shape index (κ2) is 6.89. The third-order valence-corrected chi connectivity index (χ3v) is 5.36. The third kappa shape index (κ3) is 4.28. The van der Waals surface area contributed by atoms with E-state index in [1.807, 2.05) is 13.1 Å². The molecule has 0 saturated carbocycles. The summed E-state index contributed by atoms with van der Waals surface area (Å²) in [6, 6.07) is 0. The second-order valence-corrected chi connectivity index (χ2v) is 7.80. The number of rotatable bonds is 6. The number of piperidine rings is 1. The Balaban J connectivity index is 2.06. The van der Waals surface area contributed by atoms with Crippen LogP contribution >= 0.6 is 0 Å². The van der Waals surface area contributed by atoms with Crippen LogP contribution in [-0.2, 0) is 23.1 Å². The molecular formula is C14H26N4O2S. The third-order valence-electron chi connectivity index (χ3n) is 4.09. The van der Waals surface area contributed by atoms with E-state index in [-0.39, 0.29) is 0 Å². The van der Waals surface area contributed by atoms with Crippen LogP contribution in [0.4, 0.5) is 0 Å². The van der Waals surface area contributed by atoms with Crippen molar-refractivity contribution in [2.24, 2.45) is 5.92 Å². The van der Waals surface area contributed by atoms with Crippen LogP contribution in [0, 0.1) is 12.8 Å². The molecular weight excluding hydrogens is 288 g/mol. The second-order valence-electron chi connectivity index (χ2n) is 5.82. The summed E-state index contributed by atoms with van der Waals surface area (Å²) in [6.45, 7) is 7.94. The van der Waals surface area contributed by atoms with Gasteiger partial charge in [-0.05, 0) is 32.2 Å². The number of aromatic nitrogens is 2. The highest BCUT2D eigenvalue weighted by Gasteiger charge is 2.26. The van der Waals surface area contributed by atoms with Crippen molar-refractivity contribution >= 4 is 10.0 Å². The monoisotopic (exact) mass is 314 g/mol. The maximum Gasteiger partial charge on any atom is 0.211 e. The van der Waals surface area contributed by atoms with Gasteiger partial charge in [-0.1, -0.05) is 6.92 Å². The van der Waals surface area contributed by atoms with Crippen LogP contribution in [0.2, 0.25) is 0 Å². The highest BCUT2D eigenvalue weighted by molar-refractivity contribution is 7.88. The average molecular weight is 314 g/mol. The first-order valence-corrected chi connectivity index (χ1v) is 9.43. The van der Waals surface area contributed by atoms with E-state index in [0.717, 1.165) is 38.3 Å². The highest BCUT2D eigenvalue weighted by Crippen LogP contribution is 2.21. The molecule has 0 aliphatic carbocycles. The molecule has 1 atom stereocenters. The molecule has 0 aromatic carbocycles. The Morgan fingerprint density at radius 3 is 2.90 bits per heavy atom.